The average Bonchev–Trinajstić information content (AvgIpc) is 3.17. The van der Waals surface area contributed by atoms with Crippen molar-refractivity contribution in [3.63, 3.8) is 0 Å². The van der Waals surface area contributed by atoms with Crippen LogP contribution in [0.4, 0.5) is 0 Å². The monoisotopic (exact) mass is 800 g/mol. The SMILES string of the molecule is CC/C=C\C/C=C\C/C=C\C/C=C\CCCCCCCCCCC(=O)OC(COCCC(C(=O)[O-])[N+](C)(C)C)COC(=O)CCCCCCC/C=C\CCCCC. The molecule has 0 saturated heterocycles. The fourth-order valence-corrected chi connectivity index (χ4v) is 6.35. The molecule has 0 radical (unpaired) electrons. The molecule has 0 bridgehead atoms. The van der Waals surface area contributed by atoms with Gasteiger partial charge in [-0.3, -0.25) is 9.59 Å². The van der Waals surface area contributed by atoms with Crippen LogP contribution in [0, 0.1) is 0 Å². The highest BCUT2D eigenvalue weighted by molar-refractivity contribution is 5.70. The van der Waals surface area contributed by atoms with Crippen molar-refractivity contribution in [3.8, 4) is 0 Å². The maximum atomic E-state index is 12.7. The highest BCUT2D eigenvalue weighted by Gasteiger charge is 2.25. The first-order valence-electron chi connectivity index (χ1n) is 22.8. The fourth-order valence-electron chi connectivity index (χ4n) is 6.35. The molecule has 0 aromatic heterocycles. The van der Waals surface area contributed by atoms with Gasteiger partial charge in [-0.15, -0.1) is 0 Å². The first-order chi connectivity index (χ1) is 27.6. The molecule has 0 rings (SSSR count). The predicted molar refractivity (Wildman–Crippen MR) is 236 cm³/mol. The lowest BCUT2D eigenvalue weighted by molar-refractivity contribution is -0.889. The summed E-state index contributed by atoms with van der Waals surface area (Å²) >= 11 is 0. The molecule has 0 fully saturated rings. The minimum Gasteiger partial charge on any atom is -0.544 e. The third-order valence-electron chi connectivity index (χ3n) is 9.89. The summed E-state index contributed by atoms with van der Waals surface area (Å²) in [6.07, 6.45) is 48.1. The maximum Gasteiger partial charge on any atom is 0.306 e. The first kappa shape index (κ1) is 54.0. The number of allylic oxidation sites excluding steroid dienone is 10. The molecular formula is C49H85NO7. The van der Waals surface area contributed by atoms with Crippen molar-refractivity contribution >= 4 is 17.9 Å². The molecule has 8 heteroatoms. The molecule has 0 aromatic rings. The van der Waals surface area contributed by atoms with Gasteiger partial charge in [0.1, 0.15) is 12.6 Å². The molecule has 328 valence electrons. The van der Waals surface area contributed by atoms with Crippen molar-refractivity contribution in [1.82, 2.24) is 0 Å². The smallest absolute Gasteiger partial charge is 0.306 e. The van der Waals surface area contributed by atoms with Crippen LogP contribution in [0.25, 0.3) is 0 Å². The molecule has 57 heavy (non-hydrogen) atoms. The Morgan fingerprint density at radius 3 is 1.47 bits per heavy atom. The lowest BCUT2D eigenvalue weighted by atomic mass is 10.1. The molecule has 0 N–H and O–H groups in total. The Kier molecular flexibility index (Phi) is 37.8. The Morgan fingerprint density at radius 2 is 0.982 bits per heavy atom. The molecule has 0 aliphatic heterocycles. The Morgan fingerprint density at radius 1 is 0.544 bits per heavy atom. The Hall–Kier alpha value is -2.97. The van der Waals surface area contributed by atoms with Crippen LogP contribution in [-0.4, -0.2) is 75.5 Å². The number of carbonyl (C=O) groups excluding carboxylic acids is 3. The van der Waals surface area contributed by atoms with Gasteiger partial charge in [0.25, 0.3) is 0 Å². The topological polar surface area (TPSA) is 102 Å². The molecule has 0 aliphatic carbocycles. The van der Waals surface area contributed by atoms with Crippen LogP contribution in [-0.2, 0) is 28.6 Å². The number of hydrogen-bond acceptors (Lipinski definition) is 7. The molecule has 0 amide bonds. The van der Waals surface area contributed by atoms with E-state index in [9.17, 15) is 19.5 Å². The van der Waals surface area contributed by atoms with Crippen LogP contribution in [0.3, 0.4) is 0 Å². The number of quaternary nitrogens is 1. The summed E-state index contributed by atoms with van der Waals surface area (Å²) in [7, 11) is 5.40. The predicted octanol–water partition coefficient (Wildman–Crippen LogP) is 11.2. The van der Waals surface area contributed by atoms with Crippen LogP contribution in [0.15, 0.2) is 60.8 Å². The van der Waals surface area contributed by atoms with Crippen LogP contribution in [0.1, 0.15) is 181 Å². The van der Waals surface area contributed by atoms with Gasteiger partial charge >= 0.3 is 11.9 Å². The summed E-state index contributed by atoms with van der Waals surface area (Å²) in [5.74, 6) is -1.76. The number of esters is 2. The van der Waals surface area contributed by atoms with Gasteiger partial charge in [0, 0.05) is 19.3 Å². The van der Waals surface area contributed by atoms with Gasteiger partial charge in [-0.1, -0.05) is 145 Å². The van der Waals surface area contributed by atoms with Crippen LogP contribution in [0.2, 0.25) is 0 Å². The molecule has 0 spiro atoms. The van der Waals surface area contributed by atoms with Gasteiger partial charge in [0.2, 0.25) is 0 Å². The van der Waals surface area contributed by atoms with Crippen molar-refractivity contribution < 1.29 is 38.2 Å². The second-order valence-corrected chi connectivity index (χ2v) is 16.3. The lowest BCUT2D eigenvalue weighted by Crippen LogP contribution is -2.55. The second kappa shape index (κ2) is 39.8. The summed E-state index contributed by atoms with van der Waals surface area (Å²) in [6.45, 7) is 4.50. The van der Waals surface area contributed by atoms with E-state index < -0.39 is 18.1 Å². The minimum atomic E-state index is -1.13. The van der Waals surface area contributed by atoms with Crippen molar-refractivity contribution in [2.24, 2.45) is 0 Å². The first-order valence-corrected chi connectivity index (χ1v) is 22.8. The normalized spacial score (nSPS) is 13.5. The maximum absolute atomic E-state index is 12.7. The van der Waals surface area contributed by atoms with Gasteiger partial charge in [0.05, 0.1) is 40.3 Å². The van der Waals surface area contributed by atoms with E-state index in [-0.39, 0.29) is 42.7 Å². The highest BCUT2D eigenvalue weighted by Crippen LogP contribution is 2.14. The zero-order valence-electron chi connectivity index (χ0n) is 37.2. The third kappa shape index (κ3) is 38.3. The quantitative estimate of drug-likeness (QED) is 0.0263. The van der Waals surface area contributed by atoms with Crippen molar-refractivity contribution in [1.29, 1.82) is 0 Å². The van der Waals surface area contributed by atoms with Crippen LogP contribution in [0.5, 0.6) is 0 Å². The summed E-state index contributed by atoms with van der Waals surface area (Å²) < 4.78 is 17.2. The van der Waals surface area contributed by atoms with E-state index in [0.29, 0.717) is 12.8 Å². The number of carboxylic acids is 1. The number of carboxylic acid groups (broad SMARTS) is 1. The summed E-state index contributed by atoms with van der Waals surface area (Å²) in [6, 6.07) is -0.730. The van der Waals surface area contributed by atoms with Crippen molar-refractivity contribution in [2.75, 3.05) is 41.0 Å². The van der Waals surface area contributed by atoms with E-state index in [1.807, 2.05) is 0 Å². The van der Waals surface area contributed by atoms with E-state index in [1.165, 1.54) is 64.2 Å². The molecule has 0 aromatic carbocycles. The standard InChI is InChI=1S/C49H85NO7/c1-6-8-10-12-14-16-18-20-21-22-23-24-25-26-27-28-30-32-34-36-38-40-48(52)57-45(43-55-42-41-46(49(53)54)50(3,4)5)44-56-47(51)39-37-35-33-31-29-19-17-15-13-11-9-7-2/h8,10,14-17,20-21,23-24,45-46H,6-7,9,11-13,18-19,22,25-44H2,1-5H3/b10-8-,16-14-,17-15-,21-20-,24-23-. The van der Waals surface area contributed by atoms with Crippen LogP contribution >= 0.6 is 0 Å². The second-order valence-electron chi connectivity index (χ2n) is 16.3. The van der Waals surface area contributed by atoms with Gasteiger partial charge in [-0.05, 0) is 77.0 Å². The summed E-state index contributed by atoms with van der Waals surface area (Å²) in [5.41, 5.74) is 0. The number of nitrogens with zero attached hydrogens (tertiary/aromatic N) is 1. The molecule has 0 heterocycles. The van der Waals surface area contributed by atoms with E-state index >= 15 is 0 Å². The minimum absolute atomic E-state index is 0.0330. The number of likely N-dealkylation sites (N-methyl/N-ethyl adjacent to an activating group) is 1. The molecule has 0 saturated carbocycles. The highest BCUT2D eigenvalue weighted by atomic mass is 16.6. The van der Waals surface area contributed by atoms with Gasteiger partial charge in [-0.2, -0.15) is 0 Å². The zero-order valence-corrected chi connectivity index (χ0v) is 37.2. The average molecular weight is 800 g/mol. The van der Waals surface area contributed by atoms with Crippen LogP contribution < -0.4 is 5.11 Å². The molecular weight excluding hydrogens is 715 g/mol. The summed E-state index contributed by atoms with van der Waals surface area (Å²) in [4.78, 5) is 36.9. The summed E-state index contributed by atoms with van der Waals surface area (Å²) in [5, 5.41) is 11.6. The van der Waals surface area contributed by atoms with Gasteiger partial charge < -0.3 is 28.6 Å². The molecule has 2 atom stereocenters. The van der Waals surface area contributed by atoms with Crippen molar-refractivity contribution in [3.05, 3.63) is 60.8 Å². The van der Waals surface area contributed by atoms with E-state index in [1.54, 1.807) is 21.1 Å². The van der Waals surface area contributed by atoms with Gasteiger partial charge in [0.15, 0.2) is 6.10 Å². The Balaban J connectivity index is 4.32. The lowest BCUT2D eigenvalue weighted by Gasteiger charge is -2.34. The third-order valence-corrected chi connectivity index (χ3v) is 9.89. The number of hydrogen-bond donors (Lipinski definition) is 0. The molecule has 8 nitrogen and oxygen atoms in total. The number of rotatable bonds is 40. The van der Waals surface area contributed by atoms with Gasteiger partial charge in [-0.25, -0.2) is 0 Å². The largest absolute Gasteiger partial charge is 0.544 e. The fraction of sp³-hybridized carbons (Fsp3) is 0.735. The van der Waals surface area contributed by atoms with E-state index in [0.717, 1.165) is 83.5 Å². The number of aliphatic carboxylic acids is 1. The zero-order chi connectivity index (χ0) is 42.1. The Bertz CT molecular complexity index is 1120. The Labute approximate surface area is 349 Å². The molecule has 0 aliphatic rings. The van der Waals surface area contributed by atoms with E-state index in [4.69, 9.17) is 14.2 Å². The van der Waals surface area contributed by atoms with E-state index in [2.05, 4.69) is 74.6 Å². The number of unbranched alkanes of at least 4 members (excludes halogenated alkanes) is 16. The number of carbonyl (C=O) groups is 3. The van der Waals surface area contributed by atoms with Crippen molar-refractivity contribution in [2.45, 2.75) is 193 Å². The number of ether oxygens (including phenoxy) is 3. The molecule has 2 unspecified atom stereocenters.